The number of hydrogen-bond donors (Lipinski definition) is 0. The predicted molar refractivity (Wildman–Crippen MR) is 107 cm³/mol. The van der Waals surface area contributed by atoms with Crippen LogP contribution in [0.25, 0.3) is 0 Å². The molecule has 5 rings (SSSR count). The maximum absolute atomic E-state index is 4.58. The van der Waals surface area contributed by atoms with Gasteiger partial charge in [-0.2, -0.15) is 0 Å². The second-order valence-corrected chi connectivity index (χ2v) is 8.27. The topological polar surface area (TPSA) is 51.8 Å². The van der Waals surface area contributed by atoms with Gasteiger partial charge >= 0.3 is 0 Å². The molecule has 1 aromatic carbocycles. The molecule has 0 bridgehead atoms. The molecule has 2 aliphatic rings. The van der Waals surface area contributed by atoms with Crippen molar-refractivity contribution in [2.24, 2.45) is 0 Å². The van der Waals surface area contributed by atoms with Crippen molar-refractivity contribution in [3.8, 4) is 0 Å². The molecular formula is C20H24N6S. The van der Waals surface area contributed by atoms with Gasteiger partial charge in [0.1, 0.15) is 5.82 Å². The normalized spacial score (nSPS) is 17.0. The Labute approximate surface area is 163 Å². The van der Waals surface area contributed by atoms with E-state index in [9.17, 15) is 0 Å². The van der Waals surface area contributed by atoms with E-state index in [4.69, 9.17) is 0 Å². The quantitative estimate of drug-likeness (QED) is 0.584. The second kappa shape index (κ2) is 7.38. The first-order chi connectivity index (χ1) is 13.4. The van der Waals surface area contributed by atoms with Gasteiger partial charge < -0.3 is 9.47 Å². The molecule has 1 saturated heterocycles. The van der Waals surface area contributed by atoms with E-state index in [1.807, 2.05) is 6.20 Å². The molecule has 7 heteroatoms. The molecule has 1 aliphatic heterocycles. The van der Waals surface area contributed by atoms with Crippen LogP contribution in [0.4, 0.5) is 5.95 Å². The molecule has 0 radical (unpaired) electrons. The van der Waals surface area contributed by atoms with Crippen molar-refractivity contribution in [3.63, 3.8) is 0 Å². The second-order valence-electron chi connectivity index (χ2n) is 7.32. The summed E-state index contributed by atoms with van der Waals surface area (Å²) in [5, 5.41) is 10.1. The van der Waals surface area contributed by atoms with E-state index in [2.05, 4.69) is 65.7 Å². The standard InChI is InChI=1S/C20H24N6S/c1-2-6-16(7-3-1)14-25-13-10-21-18(25)15-27-20-23-22-19(24-11-4-5-12-24)26(20)17-8-9-17/h1-3,6-7,10,13,17H,4-5,8-9,11-12,14-15H2. The lowest BCUT2D eigenvalue weighted by Gasteiger charge is -2.18. The van der Waals surface area contributed by atoms with Crippen LogP contribution in [-0.2, 0) is 12.3 Å². The predicted octanol–water partition coefficient (Wildman–Crippen LogP) is 3.75. The summed E-state index contributed by atoms with van der Waals surface area (Å²) in [6.07, 6.45) is 8.96. The minimum absolute atomic E-state index is 0.585. The average Bonchev–Trinajstić information content (AvgIpc) is 3.10. The van der Waals surface area contributed by atoms with Crippen LogP contribution < -0.4 is 4.90 Å². The van der Waals surface area contributed by atoms with Crippen LogP contribution in [0.2, 0.25) is 0 Å². The number of rotatable bonds is 7. The molecule has 3 heterocycles. The van der Waals surface area contributed by atoms with E-state index < -0.39 is 0 Å². The Morgan fingerprint density at radius 2 is 1.85 bits per heavy atom. The Bertz CT molecular complexity index is 892. The molecule has 27 heavy (non-hydrogen) atoms. The van der Waals surface area contributed by atoms with E-state index in [-0.39, 0.29) is 0 Å². The molecule has 3 aromatic rings. The van der Waals surface area contributed by atoms with Crippen LogP contribution in [0.1, 0.15) is 43.1 Å². The Kier molecular flexibility index (Phi) is 4.61. The zero-order valence-corrected chi connectivity index (χ0v) is 16.2. The highest BCUT2D eigenvalue weighted by Crippen LogP contribution is 2.41. The van der Waals surface area contributed by atoms with Crippen molar-refractivity contribution >= 4 is 17.7 Å². The zero-order valence-electron chi connectivity index (χ0n) is 15.4. The molecule has 140 valence electrons. The molecule has 2 aromatic heterocycles. The van der Waals surface area contributed by atoms with Crippen LogP contribution in [-0.4, -0.2) is 37.4 Å². The lowest BCUT2D eigenvalue weighted by molar-refractivity contribution is 0.651. The van der Waals surface area contributed by atoms with Crippen molar-refractivity contribution in [2.45, 2.75) is 49.2 Å². The number of aromatic nitrogens is 5. The van der Waals surface area contributed by atoms with Gasteiger partial charge in [0.05, 0.1) is 5.75 Å². The highest BCUT2D eigenvalue weighted by Gasteiger charge is 2.32. The zero-order chi connectivity index (χ0) is 18.1. The largest absolute Gasteiger partial charge is 0.341 e. The van der Waals surface area contributed by atoms with Crippen LogP contribution in [0.15, 0.2) is 47.9 Å². The summed E-state index contributed by atoms with van der Waals surface area (Å²) in [5.74, 6) is 2.96. The number of nitrogens with zero attached hydrogens (tertiary/aromatic N) is 6. The van der Waals surface area contributed by atoms with Gasteiger partial charge in [-0.3, -0.25) is 4.57 Å². The van der Waals surface area contributed by atoms with Gasteiger partial charge in [-0.1, -0.05) is 42.1 Å². The third kappa shape index (κ3) is 3.60. The number of benzene rings is 1. The number of thioether (sulfide) groups is 1. The number of hydrogen-bond acceptors (Lipinski definition) is 5. The van der Waals surface area contributed by atoms with E-state index in [1.54, 1.807) is 11.8 Å². The minimum atomic E-state index is 0.585. The van der Waals surface area contributed by atoms with Gasteiger partial charge in [-0.15, -0.1) is 10.2 Å². The molecule has 0 N–H and O–H groups in total. The lowest BCUT2D eigenvalue weighted by Crippen LogP contribution is -2.22. The third-order valence-electron chi connectivity index (χ3n) is 5.28. The Morgan fingerprint density at radius 1 is 1.04 bits per heavy atom. The molecule has 6 nitrogen and oxygen atoms in total. The van der Waals surface area contributed by atoms with Crippen molar-refractivity contribution in [3.05, 3.63) is 54.1 Å². The summed E-state index contributed by atoms with van der Waals surface area (Å²) in [7, 11) is 0. The summed E-state index contributed by atoms with van der Waals surface area (Å²) in [6.45, 7) is 3.07. The van der Waals surface area contributed by atoms with Crippen LogP contribution in [0.5, 0.6) is 0 Å². The Morgan fingerprint density at radius 3 is 2.63 bits per heavy atom. The molecule has 0 unspecified atom stereocenters. The molecule has 0 amide bonds. The van der Waals surface area contributed by atoms with Crippen LogP contribution in [0.3, 0.4) is 0 Å². The van der Waals surface area contributed by atoms with Gasteiger partial charge in [-0.25, -0.2) is 4.98 Å². The summed E-state index contributed by atoms with van der Waals surface area (Å²) in [5.41, 5.74) is 1.29. The van der Waals surface area contributed by atoms with Gasteiger partial charge in [-0.05, 0) is 31.2 Å². The fraction of sp³-hybridized carbons (Fsp3) is 0.450. The average molecular weight is 381 g/mol. The lowest BCUT2D eigenvalue weighted by atomic mass is 10.2. The Hall–Kier alpha value is -2.28. The van der Waals surface area contributed by atoms with E-state index in [1.165, 1.54) is 31.2 Å². The molecular weight excluding hydrogens is 356 g/mol. The monoisotopic (exact) mass is 380 g/mol. The van der Waals surface area contributed by atoms with E-state index >= 15 is 0 Å². The van der Waals surface area contributed by atoms with Crippen molar-refractivity contribution in [2.75, 3.05) is 18.0 Å². The molecule has 0 atom stereocenters. The third-order valence-corrected chi connectivity index (χ3v) is 6.21. The van der Waals surface area contributed by atoms with Crippen molar-refractivity contribution in [1.29, 1.82) is 0 Å². The molecule has 1 saturated carbocycles. The first-order valence-electron chi connectivity index (χ1n) is 9.75. The fourth-order valence-electron chi connectivity index (χ4n) is 3.69. The fourth-order valence-corrected chi connectivity index (χ4v) is 4.65. The molecule has 1 aliphatic carbocycles. The van der Waals surface area contributed by atoms with Gasteiger partial charge in [0.15, 0.2) is 5.16 Å². The Balaban J connectivity index is 1.32. The maximum atomic E-state index is 4.58. The van der Waals surface area contributed by atoms with Gasteiger partial charge in [0, 0.05) is 38.1 Å². The van der Waals surface area contributed by atoms with Gasteiger partial charge in [0.2, 0.25) is 5.95 Å². The highest BCUT2D eigenvalue weighted by molar-refractivity contribution is 7.98. The van der Waals surface area contributed by atoms with Crippen LogP contribution in [0, 0.1) is 0 Å². The minimum Gasteiger partial charge on any atom is -0.341 e. The first-order valence-corrected chi connectivity index (χ1v) is 10.7. The van der Waals surface area contributed by atoms with E-state index in [0.29, 0.717) is 6.04 Å². The summed E-state index contributed by atoms with van der Waals surface area (Å²) in [6, 6.07) is 11.1. The summed E-state index contributed by atoms with van der Waals surface area (Å²) < 4.78 is 4.60. The first kappa shape index (κ1) is 16.9. The summed E-state index contributed by atoms with van der Waals surface area (Å²) >= 11 is 1.76. The van der Waals surface area contributed by atoms with Crippen molar-refractivity contribution in [1.82, 2.24) is 24.3 Å². The summed E-state index contributed by atoms with van der Waals surface area (Å²) in [4.78, 5) is 6.97. The SMILES string of the molecule is c1ccc(Cn2ccnc2CSc2nnc(N3CCCC3)n2C2CC2)cc1. The number of anilines is 1. The van der Waals surface area contributed by atoms with Crippen LogP contribution >= 0.6 is 11.8 Å². The van der Waals surface area contributed by atoms with Crippen molar-refractivity contribution < 1.29 is 0 Å². The van der Waals surface area contributed by atoms with E-state index in [0.717, 1.165) is 42.3 Å². The smallest absolute Gasteiger partial charge is 0.228 e. The molecule has 2 fully saturated rings. The maximum Gasteiger partial charge on any atom is 0.228 e. The van der Waals surface area contributed by atoms with Gasteiger partial charge in [0.25, 0.3) is 0 Å². The number of imidazole rings is 1. The molecule has 0 spiro atoms. The highest BCUT2D eigenvalue weighted by atomic mass is 32.2.